The maximum absolute atomic E-state index is 10.7. The van der Waals surface area contributed by atoms with E-state index >= 15 is 0 Å². The first-order valence-electron chi connectivity index (χ1n) is 4.73. The fourth-order valence-corrected chi connectivity index (χ4v) is 8.94. The van der Waals surface area contributed by atoms with E-state index in [-0.39, 0.29) is 3.70 Å². The Bertz CT molecular complexity index is 183. The number of carbonyl (C=O) groups is 1. The zero-order valence-corrected chi connectivity index (χ0v) is 11.3. The van der Waals surface area contributed by atoms with Gasteiger partial charge in [0, 0.05) is 6.42 Å². The topological polar surface area (TPSA) is 17.1 Å². The van der Waals surface area contributed by atoms with E-state index in [0.717, 1.165) is 12.7 Å². The van der Waals surface area contributed by atoms with Crippen LogP contribution in [0.3, 0.4) is 0 Å². The molecule has 0 spiro atoms. The summed E-state index contributed by atoms with van der Waals surface area (Å²) in [6, 6.07) is 0. The highest BCUT2D eigenvalue weighted by Crippen LogP contribution is 2.50. The average molecular weight is 234 g/mol. The van der Waals surface area contributed by atoms with E-state index in [2.05, 4.69) is 19.6 Å². The predicted molar refractivity (Wildman–Crippen MR) is 66.3 cm³/mol. The molecule has 13 heavy (non-hydrogen) atoms. The van der Waals surface area contributed by atoms with Gasteiger partial charge in [-0.2, -0.15) is 0 Å². The van der Waals surface area contributed by atoms with E-state index < -0.39 is 8.07 Å². The fourth-order valence-electron chi connectivity index (χ4n) is 1.54. The summed E-state index contributed by atoms with van der Waals surface area (Å²) >= 11 is 4.07. The molecule has 0 amide bonds. The summed E-state index contributed by atoms with van der Waals surface area (Å²) in [5.74, 6) is 2.48. The summed E-state index contributed by atoms with van der Waals surface area (Å²) in [5, 5.41) is 0. The van der Waals surface area contributed by atoms with Crippen molar-refractivity contribution in [1.82, 2.24) is 0 Å². The molecule has 0 aromatic heterocycles. The first kappa shape index (κ1) is 11.7. The highest BCUT2D eigenvalue weighted by molar-refractivity contribution is 8.21. The van der Waals surface area contributed by atoms with Crippen molar-refractivity contribution in [3.05, 3.63) is 0 Å². The largest absolute Gasteiger partial charge is 0.303 e. The Morgan fingerprint density at radius 3 is 2.23 bits per heavy atom. The molecular formula is C9H18OS2Si. The molecule has 0 unspecified atom stereocenters. The van der Waals surface area contributed by atoms with Crippen LogP contribution in [-0.2, 0) is 4.79 Å². The molecule has 4 heteroatoms. The SMILES string of the molecule is C[Si](C)(C)C1(CC=O)SCCCS1. The molecular weight excluding hydrogens is 216 g/mol. The molecule has 1 fully saturated rings. The molecule has 0 aromatic carbocycles. The van der Waals surface area contributed by atoms with Crippen molar-refractivity contribution >= 4 is 37.9 Å². The van der Waals surface area contributed by atoms with Crippen LogP contribution in [0.5, 0.6) is 0 Å². The van der Waals surface area contributed by atoms with E-state index in [4.69, 9.17) is 0 Å². The third-order valence-corrected chi connectivity index (χ3v) is 12.4. The quantitative estimate of drug-likeness (QED) is 0.552. The van der Waals surface area contributed by atoms with E-state index in [0.29, 0.717) is 0 Å². The molecule has 0 radical (unpaired) electrons. The van der Waals surface area contributed by atoms with Gasteiger partial charge in [0.25, 0.3) is 0 Å². The number of carbonyl (C=O) groups excluding carboxylic acids is 1. The molecule has 0 N–H and O–H groups in total. The first-order valence-corrected chi connectivity index (χ1v) is 10.2. The maximum Gasteiger partial charge on any atom is 0.121 e. The summed E-state index contributed by atoms with van der Waals surface area (Å²) in [7, 11) is -1.23. The van der Waals surface area contributed by atoms with Crippen molar-refractivity contribution in [3.8, 4) is 0 Å². The van der Waals surface area contributed by atoms with Crippen LogP contribution in [0.4, 0.5) is 0 Å². The summed E-state index contributed by atoms with van der Waals surface area (Å²) in [6.07, 6.45) is 3.17. The lowest BCUT2D eigenvalue weighted by Crippen LogP contribution is -2.49. The van der Waals surface area contributed by atoms with Gasteiger partial charge < -0.3 is 4.79 Å². The third kappa shape index (κ3) is 2.54. The Hall–Kier alpha value is 0.587. The van der Waals surface area contributed by atoms with Gasteiger partial charge in [0.05, 0.1) is 11.8 Å². The first-order chi connectivity index (χ1) is 6.02. The smallest absolute Gasteiger partial charge is 0.121 e. The molecule has 1 nitrogen and oxygen atoms in total. The molecule has 76 valence electrons. The maximum atomic E-state index is 10.7. The molecule has 1 saturated heterocycles. The zero-order valence-electron chi connectivity index (χ0n) is 8.63. The highest BCUT2D eigenvalue weighted by atomic mass is 32.2. The lowest BCUT2D eigenvalue weighted by Gasteiger charge is -2.44. The highest BCUT2D eigenvalue weighted by Gasteiger charge is 2.45. The fraction of sp³-hybridized carbons (Fsp3) is 0.889. The van der Waals surface area contributed by atoms with E-state index in [1.54, 1.807) is 0 Å². The molecule has 1 aliphatic heterocycles. The van der Waals surface area contributed by atoms with Crippen LogP contribution in [0.1, 0.15) is 12.8 Å². The van der Waals surface area contributed by atoms with Gasteiger partial charge in [-0.25, -0.2) is 0 Å². The van der Waals surface area contributed by atoms with Gasteiger partial charge in [-0.15, -0.1) is 23.5 Å². The molecule has 0 aliphatic carbocycles. The van der Waals surface area contributed by atoms with Gasteiger partial charge in [0.2, 0.25) is 0 Å². The van der Waals surface area contributed by atoms with Crippen LogP contribution in [-0.4, -0.2) is 29.6 Å². The number of hydrogen-bond donors (Lipinski definition) is 0. The zero-order chi connectivity index (χ0) is 9.95. The number of rotatable bonds is 3. The van der Waals surface area contributed by atoms with Crippen molar-refractivity contribution in [2.75, 3.05) is 11.5 Å². The third-order valence-electron chi connectivity index (χ3n) is 2.45. The number of aldehydes is 1. The van der Waals surface area contributed by atoms with Gasteiger partial charge in [0.1, 0.15) is 6.29 Å². The minimum atomic E-state index is -1.23. The Labute approximate surface area is 90.4 Å². The minimum absolute atomic E-state index is 0.271. The second-order valence-electron chi connectivity index (χ2n) is 4.42. The number of hydrogen-bond acceptors (Lipinski definition) is 3. The summed E-state index contributed by atoms with van der Waals surface area (Å²) in [4.78, 5) is 10.7. The van der Waals surface area contributed by atoms with Crippen molar-refractivity contribution in [2.24, 2.45) is 0 Å². The van der Waals surface area contributed by atoms with Gasteiger partial charge in [-0.1, -0.05) is 19.6 Å². The van der Waals surface area contributed by atoms with Crippen LogP contribution in [0.2, 0.25) is 19.6 Å². The van der Waals surface area contributed by atoms with E-state index in [1.165, 1.54) is 17.9 Å². The van der Waals surface area contributed by atoms with E-state index in [1.807, 2.05) is 23.5 Å². The molecule has 0 atom stereocenters. The lowest BCUT2D eigenvalue weighted by atomic mass is 10.5. The van der Waals surface area contributed by atoms with Crippen molar-refractivity contribution in [3.63, 3.8) is 0 Å². The minimum Gasteiger partial charge on any atom is -0.303 e. The normalized spacial score (nSPS) is 22.7. The molecule has 0 saturated carbocycles. The van der Waals surface area contributed by atoms with E-state index in [9.17, 15) is 4.79 Å². The average Bonchev–Trinajstić information content (AvgIpc) is 2.04. The van der Waals surface area contributed by atoms with Crippen LogP contribution < -0.4 is 0 Å². The predicted octanol–water partition coefficient (Wildman–Crippen LogP) is 3.02. The molecule has 1 aliphatic rings. The lowest BCUT2D eigenvalue weighted by molar-refractivity contribution is -0.107. The van der Waals surface area contributed by atoms with Gasteiger partial charge in [-0.05, 0) is 17.9 Å². The van der Waals surface area contributed by atoms with Gasteiger partial charge in [-0.3, -0.25) is 0 Å². The second kappa shape index (κ2) is 4.40. The molecule has 1 rings (SSSR count). The van der Waals surface area contributed by atoms with Crippen molar-refractivity contribution in [1.29, 1.82) is 0 Å². The Balaban J connectivity index is 2.78. The summed E-state index contributed by atoms with van der Waals surface area (Å²) < 4.78 is 0.271. The second-order valence-corrected chi connectivity index (χ2v) is 13.5. The molecule has 0 bridgehead atoms. The van der Waals surface area contributed by atoms with Crippen LogP contribution >= 0.6 is 23.5 Å². The van der Waals surface area contributed by atoms with Crippen LogP contribution in [0.15, 0.2) is 0 Å². The van der Waals surface area contributed by atoms with Crippen molar-refractivity contribution in [2.45, 2.75) is 36.2 Å². The molecule has 0 aromatic rings. The Morgan fingerprint density at radius 2 is 1.85 bits per heavy atom. The van der Waals surface area contributed by atoms with Crippen LogP contribution in [0.25, 0.3) is 0 Å². The summed E-state index contributed by atoms with van der Waals surface area (Å²) in [6.45, 7) is 7.13. The van der Waals surface area contributed by atoms with Crippen molar-refractivity contribution < 1.29 is 4.79 Å². The molecule has 1 heterocycles. The van der Waals surface area contributed by atoms with Gasteiger partial charge >= 0.3 is 0 Å². The Kier molecular flexibility index (Phi) is 3.95. The monoisotopic (exact) mass is 234 g/mol. The Morgan fingerprint density at radius 1 is 1.31 bits per heavy atom. The summed E-state index contributed by atoms with van der Waals surface area (Å²) in [5.41, 5.74) is 0. The van der Waals surface area contributed by atoms with Gasteiger partial charge in [0.15, 0.2) is 0 Å². The van der Waals surface area contributed by atoms with Crippen LogP contribution in [0, 0.1) is 0 Å². The number of thioether (sulfide) groups is 2. The standard InChI is InChI=1S/C9H18OS2Si/c1-13(2,3)9(5-6-10)11-7-4-8-12-9/h6H,4-5,7-8H2,1-3H3.